The first-order valence-electron chi connectivity index (χ1n) is 11.0. The molecule has 1 heterocycles. The Kier molecular flexibility index (Phi) is 7.03. The molecule has 3 aromatic carbocycles. The van der Waals surface area contributed by atoms with Crippen molar-refractivity contribution in [1.29, 1.82) is 0 Å². The summed E-state index contributed by atoms with van der Waals surface area (Å²) in [5, 5.41) is 6.72. The molecule has 1 aromatic heterocycles. The van der Waals surface area contributed by atoms with E-state index in [1.54, 1.807) is 14.0 Å². The molecule has 0 aliphatic heterocycles. The zero-order chi connectivity index (χ0) is 23.9. The summed E-state index contributed by atoms with van der Waals surface area (Å²) in [5.74, 6) is 1.08. The van der Waals surface area contributed by atoms with Gasteiger partial charge in [0.2, 0.25) is 0 Å². The number of esters is 1. The van der Waals surface area contributed by atoms with Crippen LogP contribution in [0.25, 0.3) is 11.4 Å². The summed E-state index contributed by atoms with van der Waals surface area (Å²) >= 11 is 0. The minimum absolute atomic E-state index is 0.254. The molecule has 0 saturated heterocycles. The molecule has 0 unspecified atom stereocenters. The third kappa shape index (κ3) is 5.32. The van der Waals surface area contributed by atoms with Gasteiger partial charge in [-0.2, -0.15) is 0 Å². The molecule has 0 aliphatic rings. The Morgan fingerprint density at radius 3 is 2.24 bits per heavy atom. The molecule has 0 radical (unpaired) electrons. The van der Waals surface area contributed by atoms with Crippen LogP contribution in [0.5, 0.6) is 5.75 Å². The fourth-order valence-corrected chi connectivity index (χ4v) is 3.34. The van der Waals surface area contributed by atoms with Gasteiger partial charge >= 0.3 is 5.97 Å². The molecule has 34 heavy (non-hydrogen) atoms. The molecule has 172 valence electrons. The SMILES string of the molecule is CCOC(=O)c1cnc(-c2ccc(OC)cc2)nc1Nc1ccccc1Nc1ccc(C)cc1. The quantitative estimate of drug-likeness (QED) is 0.310. The minimum atomic E-state index is -0.491. The second-order valence-corrected chi connectivity index (χ2v) is 7.57. The normalized spacial score (nSPS) is 10.4. The number of methoxy groups -OCH3 is 1. The fourth-order valence-electron chi connectivity index (χ4n) is 3.34. The summed E-state index contributed by atoms with van der Waals surface area (Å²) < 4.78 is 10.5. The zero-order valence-electron chi connectivity index (χ0n) is 19.3. The molecule has 0 atom stereocenters. The summed E-state index contributed by atoms with van der Waals surface area (Å²) in [4.78, 5) is 21.7. The van der Waals surface area contributed by atoms with Gasteiger partial charge in [-0.3, -0.25) is 0 Å². The zero-order valence-corrected chi connectivity index (χ0v) is 19.3. The number of para-hydroxylation sites is 2. The summed E-state index contributed by atoms with van der Waals surface area (Å²) in [5.41, 5.74) is 4.78. The van der Waals surface area contributed by atoms with E-state index in [1.165, 1.54) is 11.8 Å². The van der Waals surface area contributed by atoms with Crippen LogP contribution in [-0.2, 0) is 4.74 Å². The third-order valence-electron chi connectivity index (χ3n) is 5.14. The molecule has 0 saturated carbocycles. The molecule has 0 fully saturated rings. The topological polar surface area (TPSA) is 85.4 Å². The van der Waals surface area contributed by atoms with Gasteiger partial charge in [-0.05, 0) is 62.4 Å². The van der Waals surface area contributed by atoms with Gasteiger partial charge in [0, 0.05) is 17.4 Å². The highest BCUT2D eigenvalue weighted by Crippen LogP contribution is 2.30. The number of ether oxygens (including phenoxy) is 2. The molecule has 4 aromatic rings. The van der Waals surface area contributed by atoms with E-state index in [-0.39, 0.29) is 12.2 Å². The average Bonchev–Trinajstić information content (AvgIpc) is 2.87. The summed E-state index contributed by atoms with van der Waals surface area (Å²) in [7, 11) is 1.61. The number of nitrogens with one attached hydrogen (secondary N) is 2. The molecule has 0 bridgehead atoms. The minimum Gasteiger partial charge on any atom is -0.497 e. The predicted molar refractivity (Wildman–Crippen MR) is 134 cm³/mol. The van der Waals surface area contributed by atoms with Crippen LogP contribution in [0.3, 0.4) is 0 Å². The van der Waals surface area contributed by atoms with E-state index in [0.717, 1.165) is 28.4 Å². The van der Waals surface area contributed by atoms with Crippen molar-refractivity contribution in [3.05, 3.63) is 90.1 Å². The number of anilines is 4. The van der Waals surface area contributed by atoms with Gasteiger partial charge in [-0.1, -0.05) is 29.8 Å². The molecule has 0 amide bonds. The van der Waals surface area contributed by atoms with E-state index in [0.29, 0.717) is 11.6 Å². The van der Waals surface area contributed by atoms with Crippen molar-refractivity contribution >= 4 is 28.8 Å². The molecular formula is C27H26N4O3. The summed E-state index contributed by atoms with van der Waals surface area (Å²) in [6.45, 7) is 4.06. The monoisotopic (exact) mass is 454 g/mol. The number of rotatable bonds is 8. The smallest absolute Gasteiger partial charge is 0.343 e. The number of aryl methyl sites for hydroxylation is 1. The van der Waals surface area contributed by atoms with Crippen molar-refractivity contribution in [2.45, 2.75) is 13.8 Å². The lowest BCUT2D eigenvalue weighted by Crippen LogP contribution is -2.11. The maximum absolute atomic E-state index is 12.6. The first-order valence-corrected chi connectivity index (χ1v) is 11.0. The van der Waals surface area contributed by atoms with E-state index >= 15 is 0 Å². The number of carbonyl (C=O) groups is 1. The lowest BCUT2D eigenvalue weighted by atomic mass is 10.2. The van der Waals surface area contributed by atoms with Crippen LogP contribution >= 0.6 is 0 Å². The van der Waals surface area contributed by atoms with Crippen LogP contribution in [0.2, 0.25) is 0 Å². The molecular weight excluding hydrogens is 428 g/mol. The molecule has 7 heteroatoms. The van der Waals surface area contributed by atoms with Crippen molar-refractivity contribution in [3.63, 3.8) is 0 Å². The van der Waals surface area contributed by atoms with Crippen LogP contribution in [0.1, 0.15) is 22.8 Å². The number of hydrogen-bond acceptors (Lipinski definition) is 7. The maximum atomic E-state index is 12.6. The van der Waals surface area contributed by atoms with E-state index in [1.807, 2.05) is 79.7 Å². The Labute approximate surface area is 198 Å². The van der Waals surface area contributed by atoms with E-state index in [4.69, 9.17) is 9.47 Å². The van der Waals surface area contributed by atoms with Crippen molar-refractivity contribution < 1.29 is 14.3 Å². The van der Waals surface area contributed by atoms with Crippen molar-refractivity contribution in [2.75, 3.05) is 24.4 Å². The molecule has 7 nitrogen and oxygen atoms in total. The van der Waals surface area contributed by atoms with Crippen LogP contribution in [0.4, 0.5) is 22.9 Å². The highest BCUT2D eigenvalue weighted by molar-refractivity contribution is 5.96. The van der Waals surface area contributed by atoms with Crippen LogP contribution in [-0.4, -0.2) is 29.7 Å². The number of hydrogen-bond donors (Lipinski definition) is 2. The van der Waals surface area contributed by atoms with E-state index < -0.39 is 5.97 Å². The lowest BCUT2D eigenvalue weighted by molar-refractivity contribution is 0.0526. The average molecular weight is 455 g/mol. The van der Waals surface area contributed by atoms with Crippen LogP contribution < -0.4 is 15.4 Å². The van der Waals surface area contributed by atoms with Gasteiger partial charge in [0.05, 0.1) is 25.1 Å². The second-order valence-electron chi connectivity index (χ2n) is 7.57. The standard InChI is InChI=1S/C27H26N4O3/c1-4-34-27(32)22-17-28-25(19-11-15-21(33-3)16-12-19)31-26(22)30-24-8-6-5-7-23(24)29-20-13-9-18(2)10-14-20/h5-17,29H,4H2,1-3H3,(H,28,30,31). The van der Waals surface area contributed by atoms with Crippen LogP contribution in [0, 0.1) is 6.92 Å². The Morgan fingerprint density at radius 1 is 0.912 bits per heavy atom. The number of aromatic nitrogens is 2. The highest BCUT2D eigenvalue weighted by atomic mass is 16.5. The van der Waals surface area contributed by atoms with Gasteiger partial charge < -0.3 is 20.1 Å². The maximum Gasteiger partial charge on any atom is 0.343 e. The number of benzene rings is 3. The fraction of sp³-hybridized carbons (Fsp3) is 0.148. The molecule has 2 N–H and O–H groups in total. The Morgan fingerprint density at radius 2 is 1.59 bits per heavy atom. The Hall–Kier alpha value is -4.39. The van der Waals surface area contributed by atoms with E-state index in [2.05, 4.69) is 20.6 Å². The first-order chi connectivity index (χ1) is 16.6. The van der Waals surface area contributed by atoms with Gasteiger partial charge in [-0.15, -0.1) is 0 Å². The highest BCUT2D eigenvalue weighted by Gasteiger charge is 2.18. The van der Waals surface area contributed by atoms with Crippen molar-refractivity contribution in [3.8, 4) is 17.1 Å². The van der Waals surface area contributed by atoms with Crippen LogP contribution in [0.15, 0.2) is 79.0 Å². The van der Waals surface area contributed by atoms with Gasteiger partial charge in [0.15, 0.2) is 5.82 Å². The molecule has 0 spiro atoms. The molecule has 0 aliphatic carbocycles. The molecule has 4 rings (SSSR count). The van der Waals surface area contributed by atoms with Gasteiger partial charge in [0.1, 0.15) is 17.1 Å². The van der Waals surface area contributed by atoms with Gasteiger partial charge in [-0.25, -0.2) is 14.8 Å². The van der Waals surface area contributed by atoms with Crippen molar-refractivity contribution in [2.24, 2.45) is 0 Å². The lowest BCUT2D eigenvalue weighted by Gasteiger charge is -2.16. The van der Waals surface area contributed by atoms with Crippen molar-refractivity contribution in [1.82, 2.24) is 9.97 Å². The number of carbonyl (C=O) groups excluding carboxylic acids is 1. The largest absolute Gasteiger partial charge is 0.497 e. The number of nitrogens with zero attached hydrogens (tertiary/aromatic N) is 2. The summed E-state index contributed by atoms with van der Waals surface area (Å²) in [6, 6.07) is 23.3. The Bertz CT molecular complexity index is 1270. The predicted octanol–water partition coefficient (Wildman–Crippen LogP) is 6.12. The second kappa shape index (κ2) is 10.5. The first kappa shape index (κ1) is 22.8. The van der Waals surface area contributed by atoms with Gasteiger partial charge in [0.25, 0.3) is 0 Å². The van der Waals surface area contributed by atoms with E-state index in [9.17, 15) is 4.79 Å². The summed E-state index contributed by atoms with van der Waals surface area (Å²) in [6.07, 6.45) is 1.49. The third-order valence-corrected chi connectivity index (χ3v) is 5.14. The Balaban J connectivity index is 1.70.